The zero-order valence-electron chi connectivity index (χ0n) is 14.6. The van der Waals surface area contributed by atoms with E-state index in [4.69, 9.17) is 8.83 Å². The van der Waals surface area contributed by atoms with Crippen LogP contribution in [-0.4, -0.2) is 59.1 Å². The molecule has 2 aliphatic heterocycles. The third kappa shape index (κ3) is 3.46. The molecule has 0 N–H and O–H groups in total. The second kappa shape index (κ2) is 7.00. The lowest BCUT2D eigenvalue weighted by Gasteiger charge is -2.36. The van der Waals surface area contributed by atoms with Crippen molar-refractivity contribution in [3.05, 3.63) is 24.3 Å². The molecule has 2 fully saturated rings. The van der Waals surface area contributed by atoms with Crippen LogP contribution in [0, 0.1) is 5.92 Å². The fourth-order valence-electron chi connectivity index (χ4n) is 3.87. The Morgan fingerprint density at radius 1 is 1.20 bits per heavy atom. The van der Waals surface area contributed by atoms with Gasteiger partial charge in [-0.25, -0.2) is 0 Å². The van der Waals surface area contributed by atoms with Crippen LogP contribution in [0.3, 0.4) is 0 Å². The fraction of sp³-hybridized carbons (Fsp3) is 0.611. The smallest absolute Gasteiger partial charge is 0.283 e. The van der Waals surface area contributed by atoms with Gasteiger partial charge in [0.05, 0.1) is 12.2 Å². The Kier molecular flexibility index (Phi) is 4.57. The van der Waals surface area contributed by atoms with E-state index in [1.165, 1.54) is 0 Å². The topological polar surface area (TPSA) is 75.6 Å². The van der Waals surface area contributed by atoms with Crippen LogP contribution in [0.5, 0.6) is 0 Å². The maximum atomic E-state index is 12.7. The molecule has 4 heterocycles. The Labute approximate surface area is 147 Å². The average molecular weight is 344 g/mol. The summed E-state index contributed by atoms with van der Waals surface area (Å²) in [6.07, 6.45) is 5.45. The predicted molar refractivity (Wildman–Crippen MR) is 90.8 cm³/mol. The van der Waals surface area contributed by atoms with Crippen molar-refractivity contribution in [3.63, 3.8) is 0 Å². The first-order valence-electron chi connectivity index (χ1n) is 9.05. The molecule has 0 aliphatic carbocycles. The van der Waals surface area contributed by atoms with Crippen molar-refractivity contribution in [1.82, 2.24) is 20.0 Å². The van der Waals surface area contributed by atoms with Crippen LogP contribution in [0.15, 0.2) is 27.2 Å². The second-order valence-electron chi connectivity index (χ2n) is 7.12. The minimum absolute atomic E-state index is 0.157. The standard InChI is InChI=1S/C18H24N4O3/c1-21-8-2-4-14(12-21)18(23)22-9-6-13(7-10-22)16-19-20-17(25-16)15-5-3-11-24-15/h3,5,11,13-14H,2,4,6-10,12H2,1H3. The second-order valence-corrected chi connectivity index (χ2v) is 7.12. The van der Waals surface area contributed by atoms with Gasteiger partial charge in [-0.15, -0.1) is 10.2 Å². The number of furan rings is 1. The monoisotopic (exact) mass is 344 g/mol. The number of nitrogens with zero attached hydrogens (tertiary/aromatic N) is 4. The minimum Gasteiger partial charge on any atom is -0.459 e. The van der Waals surface area contributed by atoms with Gasteiger partial charge >= 0.3 is 0 Å². The van der Waals surface area contributed by atoms with Crippen LogP contribution in [0.1, 0.15) is 37.5 Å². The van der Waals surface area contributed by atoms with Gasteiger partial charge in [0.25, 0.3) is 5.89 Å². The first kappa shape index (κ1) is 16.3. The lowest BCUT2D eigenvalue weighted by Crippen LogP contribution is -2.46. The molecule has 1 atom stereocenters. The first-order valence-corrected chi connectivity index (χ1v) is 9.05. The Hall–Kier alpha value is -2.15. The Bertz CT molecular complexity index is 704. The van der Waals surface area contributed by atoms with Crippen molar-refractivity contribution < 1.29 is 13.6 Å². The van der Waals surface area contributed by atoms with E-state index < -0.39 is 0 Å². The van der Waals surface area contributed by atoms with E-state index in [0.717, 1.165) is 51.9 Å². The highest BCUT2D eigenvalue weighted by atomic mass is 16.4. The summed E-state index contributed by atoms with van der Waals surface area (Å²) in [5, 5.41) is 8.25. The van der Waals surface area contributed by atoms with E-state index >= 15 is 0 Å². The minimum atomic E-state index is 0.157. The summed E-state index contributed by atoms with van der Waals surface area (Å²) in [6.45, 7) is 3.51. The molecule has 2 saturated heterocycles. The van der Waals surface area contributed by atoms with E-state index in [1.807, 2.05) is 4.90 Å². The number of carbonyl (C=O) groups excluding carboxylic acids is 1. The van der Waals surface area contributed by atoms with Crippen molar-refractivity contribution in [2.45, 2.75) is 31.6 Å². The van der Waals surface area contributed by atoms with Crippen molar-refractivity contribution >= 4 is 5.91 Å². The molecule has 1 amide bonds. The molecule has 1 unspecified atom stereocenters. The molecule has 7 heteroatoms. The molecule has 0 aromatic carbocycles. The number of aromatic nitrogens is 2. The lowest BCUT2D eigenvalue weighted by atomic mass is 9.93. The quantitative estimate of drug-likeness (QED) is 0.851. The van der Waals surface area contributed by atoms with Crippen LogP contribution in [0.4, 0.5) is 0 Å². The van der Waals surface area contributed by atoms with Gasteiger partial charge in [0.2, 0.25) is 11.8 Å². The molecule has 25 heavy (non-hydrogen) atoms. The normalized spacial score (nSPS) is 23.1. The summed E-state index contributed by atoms with van der Waals surface area (Å²) in [4.78, 5) is 17.0. The lowest BCUT2D eigenvalue weighted by molar-refractivity contribution is -0.138. The van der Waals surface area contributed by atoms with Gasteiger partial charge in [0, 0.05) is 25.6 Å². The maximum Gasteiger partial charge on any atom is 0.283 e. The van der Waals surface area contributed by atoms with Crippen molar-refractivity contribution in [3.8, 4) is 11.7 Å². The fourth-order valence-corrected chi connectivity index (χ4v) is 3.87. The van der Waals surface area contributed by atoms with Gasteiger partial charge < -0.3 is 18.6 Å². The highest BCUT2D eigenvalue weighted by Gasteiger charge is 2.32. The summed E-state index contributed by atoms with van der Waals surface area (Å²) in [5.74, 6) is 2.35. The van der Waals surface area contributed by atoms with Crippen molar-refractivity contribution in [2.24, 2.45) is 5.92 Å². The summed E-state index contributed by atoms with van der Waals surface area (Å²) in [6, 6.07) is 3.60. The van der Waals surface area contributed by atoms with Gasteiger partial charge in [-0.2, -0.15) is 0 Å². The summed E-state index contributed by atoms with van der Waals surface area (Å²) in [7, 11) is 2.10. The Morgan fingerprint density at radius 2 is 2.04 bits per heavy atom. The number of amides is 1. The molecule has 134 valence electrons. The molecular weight excluding hydrogens is 320 g/mol. The van der Waals surface area contributed by atoms with Crippen LogP contribution >= 0.6 is 0 Å². The van der Waals surface area contributed by atoms with Gasteiger partial charge in [-0.3, -0.25) is 4.79 Å². The average Bonchev–Trinajstić information content (AvgIpc) is 3.32. The van der Waals surface area contributed by atoms with Gasteiger partial charge in [-0.1, -0.05) is 0 Å². The highest BCUT2D eigenvalue weighted by Crippen LogP contribution is 2.30. The van der Waals surface area contributed by atoms with E-state index in [-0.39, 0.29) is 11.8 Å². The highest BCUT2D eigenvalue weighted by molar-refractivity contribution is 5.79. The molecule has 2 aromatic heterocycles. The molecule has 2 aliphatic rings. The van der Waals surface area contributed by atoms with Gasteiger partial charge in [-0.05, 0) is 51.4 Å². The van der Waals surface area contributed by atoms with E-state index in [9.17, 15) is 4.79 Å². The first-order chi connectivity index (χ1) is 12.2. The summed E-state index contributed by atoms with van der Waals surface area (Å²) < 4.78 is 11.1. The predicted octanol–water partition coefficient (Wildman–Crippen LogP) is 2.38. The van der Waals surface area contributed by atoms with Crippen LogP contribution in [0.2, 0.25) is 0 Å². The van der Waals surface area contributed by atoms with Crippen molar-refractivity contribution in [2.75, 3.05) is 33.2 Å². The van der Waals surface area contributed by atoms with E-state index in [2.05, 4.69) is 22.1 Å². The number of rotatable bonds is 3. The zero-order valence-corrected chi connectivity index (χ0v) is 14.6. The molecule has 0 radical (unpaired) electrons. The Balaban J connectivity index is 1.34. The molecule has 0 saturated carbocycles. The molecule has 2 aromatic rings. The van der Waals surface area contributed by atoms with Gasteiger partial charge in [0.15, 0.2) is 5.76 Å². The SMILES string of the molecule is CN1CCCC(C(=O)N2CCC(c3nnc(-c4ccco4)o3)CC2)C1. The molecule has 7 nitrogen and oxygen atoms in total. The van der Waals surface area contributed by atoms with E-state index in [0.29, 0.717) is 23.4 Å². The zero-order chi connectivity index (χ0) is 17.2. The molecule has 0 spiro atoms. The number of carbonyl (C=O) groups is 1. The largest absolute Gasteiger partial charge is 0.459 e. The third-order valence-electron chi connectivity index (χ3n) is 5.30. The van der Waals surface area contributed by atoms with E-state index in [1.54, 1.807) is 18.4 Å². The molecular formula is C18H24N4O3. The van der Waals surface area contributed by atoms with Crippen molar-refractivity contribution in [1.29, 1.82) is 0 Å². The van der Waals surface area contributed by atoms with Gasteiger partial charge in [0.1, 0.15) is 0 Å². The Morgan fingerprint density at radius 3 is 2.76 bits per heavy atom. The maximum absolute atomic E-state index is 12.7. The number of hydrogen-bond acceptors (Lipinski definition) is 6. The summed E-state index contributed by atoms with van der Waals surface area (Å²) >= 11 is 0. The number of hydrogen-bond donors (Lipinski definition) is 0. The summed E-state index contributed by atoms with van der Waals surface area (Å²) in [5.41, 5.74) is 0. The van der Waals surface area contributed by atoms with Crippen LogP contribution < -0.4 is 0 Å². The number of likely N-dealkylation sites (tertiary alicyclic amines) is 2. The molecule has 4 rings (SSSR count). The molecule has 0 bridgehead atoms. The van der Waals surface area contributed by atoms with Crippen LogP contribution in [0.25, 0.3) is 11.7 Å². The third-order valence-corrected chi connectivity index (χ3v) is 5.30. The number of piperidine rings is 2. The van der Waals surface area contributed by atoms with Crippen LogP contribution in [-0.2, 0) is 4.79 Å².